The van der Waals surface area contributed by atoms with Gasteiger partial charge in [0.15, 0.2) is 11.3 Å². The molecule has 4 aromatic heterocycles. The van der Waals surface area contributed by atoms with Crippen LogP contribution in [0.4, 0.5) is 0 Å². The van der Waals surface area contributed by atoms with Crippen LogP contribution in [0.15, 0.2) is 130 Å². The van der Waals surface area contributed by atoms with Gasteiger partial charge in [-0.15, -0.1) is 0 Å². The van der Waals surface area contributed by atoms with Gasteiger partial charge in [0.25, 0.3) is 20.0 Å². The summed E-state index contributed by atoms with van der Waals surface area (Å²) in [4.78, 5) is 17.6. The topological polar surface area (TPSA) is 130 Å². The van der Waals surface area contributed by atoms with Crippen LogP contribution in [-0.4, -0.2) is 44.7 Å². The number of aryl methyl sites for hydroxylation is 2. The zero-order valence-corrected chi connectivity index (χ0v) is 28.4. The third-order valence-electron chi connectivity index (χ3n) is 7.10. The van der Waals surface area contributed by atoms with E-state index in [-0.39, 0.29) is 17.2 Å². The van der Waals surface area contributed by atoms with Crippen LogP contribution in [0, 0.1) is 13.8 Å². The molecule has 7 rings (SSSR count). The van der Waals surface area contributed by atoms with E-state index < -0.39 is 20.0 Å². The minimum atomic E-state index is -3.71. The van der Waals surface area contributed by atoms with Crippen LogP contribution in [0.25, 0.3) is 34.5 Å². The zero-order valence-electron chi connectivity index (χ0n) is 25.1. The number of nitrogens with zero attached hydrogens (tertiary/aromatic N) is 6. The maximum absolute atomic E-state index is 12.9. The van der Waals surface area contributed by atoms with Crippen LogP contribution in [0.1, 0.15) is 29.8 Å². The van der Waals surface area contributed by atoms with Gasteiger partial charge in [0, 0.05) is 12.4 Å². The molecule has 7 aromatic rings. The predicted molar refractivity (Wildman–Crippen MR) is 192 cm³/mol. The SMILES string of the molecule is C.Cc1ccc(S(=O)(=O)n2ccc3nc(/C=C/c4ccccc4)cnc32)cc1.Cc1ccc(S(=O)(=O)n2ccc3nc(Br)cnc32)cc1. The lowest BCUT2D eigenvalue weighted by molar-refractivity contribution is 0.587. The van der Waals surface area contributed by atoms with Crippen LogP contribution in [-0.2, 0) is 20.0 Å². The van der Waals surface area contributed by atoms with Crippen molar-refractivity contribution >= 4 is 70.5 Å². The molecule has 0 spiro atoms. The maximum atomic E-state index is 12.9. The van der Waals surface area contributed by atoms with Crippen LogP contribution < -0.4 is 0 Å². The van der Waals surface area contributed by atoms with E-state index in [1.807, 2.05) is 56.3 Å². The molecule has 13 heteroatoms. The molecule has 0 aliphatic rings. The molecule has 3 aromatic carbocycles. The number of halogens is 1. The van der Waals surface area contributed by atoms with E-state index in [1.54, 1.807) is 66.9 Å². The Hall–Kier alpha value is -4.98. The first kappa shape index (κ1) is 34.4. The first-order valence-corrected chi connectivity index (χ1v) is 17.9. The van der Waals surface area contributed by atoms with Gasteiger partial charge in [-0.2, -0.15) is 0 Å². The normalized spacial score (nSPS) is 11.7. The van der Waals surface area contributed by atoms with E-state index in [4.69, 9.17) is 0 Å². The van der Waals surface area contributed by atoms with Gasteiger partial charge in [0.2, 0.25) is 0 Å². The largest absolute Gasteiger partial charge is 0.269 e. The van der Waals surface area contributed by atoms with Crippen molar-refractivity contribution in [3.8, 4) is 0 Å². The Balaban J connectivity index is 0.000000192. The van der Waals surface area contributed by atoms with Crippen LogP contribution in [0.3, 0.4) is 0 Å². The highest BCUT2D eigenvalue weighted by Gasteiger charge is 2.21. The molecule has 0 aliphatic heterocycles. The number of hydrogen-bond acceptors (Lipinski definition) is 8. The smallest absolute Gasteiger partial charge is 0.243 e. The third-order valence-corrected chi connectivity index (χ3v) is 10.8. The monoisotopic (exact) mass is 742 g/mol. The van der Waals surface area contributed by atoms with E-state index in [0.29, 0.717) is 32.6 Å². The lowest BCUT2D eigenvalue weighted by Gasteiger charge is -2.07. The molecule has 0 unspecified atom stereocenters. The standard InChI is InChI=1S/C21H17N3O2S.C13H10BrN3O2S.CH4/c1-16-7-11-19(12-8-16)27(25,26)24-14-13-20-21(24)22-15-18(23-20)10-9-17-5-3-2-4-6-17;1-9-2-4-10(5-3-9)20(18,19)17-7-6-11-13(17)15-8-12(14)16-11;/h2-15H,1H3;2-8H,1H3;1H4/b10-9+;;. The maximum Gasteiger partial charge on any atom is 0.269 e. The molecular weight excluding hydrogens is 712 g/mol. The molecule has 0 N–H and O–H groups in total. The van der Waals surface area contributed by atoms with Crippen molar-refractivity contribution in [3.05, 3.63) is 143 Å². The first-order chi connectivity index (χ1) is 22.5. The number of hydrogen-bond donors (Lipinski definition) is 0. The Kier molecular flexibility index (Phi) is 10.0. The number of benzene rings is 3. The summed E-state index contributed by atoms with van der Waals surface area (Å²) >= 11 is 3.21. The zero-order chi connectivity index (χ0) is 33.2. The fourth-order valence-electron chi connectivity index (χ4n) is 4.63. The van der Waals surface area contributed by atoms with Crippen molar-refractivity contribution in [1.29, 1.82) is 0 Å². The van der Waals surface area contributed by atoms with E-state index in [0.717, 1.165) is 20.7 Å². The van der Waals surface area contributed by atoms with Gasteiger partial charge in [-0.3, -0.25) is 0 Å². The summed E-state index contributed by atoms with van der Waals surface area (Å²) in [5, 5.41) is 0. The number of fused-ring (bicyclic) bond motifs is 2. The average molecular weight is 744 g/mol. The molecule has 0 saturated heterocycles. The van der Waals surface area contributed by atoms with Crippen molar-refractivity contribution in [3.63, 3.8) is 0 Å². The highest BCUT2D eigenvalue weighted by molar-refractivity contribution is 9.10. The summed E-state index contributed by atoms with van der Waals surface area (Å²) in [6.45, 7) is 3.82. The Bertz CT molecular complexity index is 2460. The molecular formula is C35H31BrN6O4S2. The first-order valence-electron chi connectivity index (χ1n) is 14.2. The molecule has 0 atom stereocenters. The summed E-state index contributed by atoms with van der Waals surface area (Å²) in [5.41, 5.74) is 5.40. The van der Waals surface area contributed by atoms with Gasteiger partial charge in [-0.25, -0.2) is 44.7 Å². The van der Waals surface area contributed by atoms with Crippen molar-refractivity contribution in [1.82, 2.24) is 27.9 Å². The van der Waals surface area contributed by atoms with Gasteiger partial charge in [-0.05, 0) is 77.8 Å². The minimum Gasteiger partial charge on any atom is -0.243 e. The van der Waals surface area contributed by atoms with Crippen molar-refractivity contribution in [2.45, 2.75) is 31.1 Å². The van der Waals surface area contributed by atoms with Gasteiger partial charge in [-0.1, -0.05) is 79.2 Å². The fourth-order valence-corrected chi connectivity index (χ4v) is 7.52. The van der Waals surface area contributed by atoms with Gasteiger partial charge >= 0.3 is 0 Å². The van der Waals surface area contributed by atoms with Gasteiger partial charge in [0.1, 0.15) is 15.6 Å². The minimum absolute atomic E-state index is 0. The summed E-state index contributed by atoms with van der Waals surface area (Å²) in [5.74, 6) is 0. The Labute approximate surface area is 287 Å². The highest BCUT2D eigenvalue weighted by Crippen LogP contribution is 2.22. The van der Waals surface area contributed by atoms with Gasteiger partial charge in [0.05, 0.1) is 27.9 Å². The summed E-state index contributed by atoms with van der Waals surface area (Å²) in [6.07, 6.45) is 9.80. The fraction of sp³-hybridized carbons (Fsp3) is 0.0857. The van der Waals surface area contributed by atoms with Crippen LogP contribution in [0.5, 0.6) is 0 Å². The molecule has 0 bridgehead atoms. The molecule has 244 valence electrons. The third kappa shape index (κ3) is 7.13. The average Bonchev–Trinajstić information content (AvgIpc) is 3.70. The van der Waals surface area contributed by atoms with Crippen molar-refractivity contribution < 1.29 is 16.8 Å². The second-order valence-electron chi connectivity index (χ2n) is 10.5. The van der Waals surface area contributed by atoms with Crippen molar-refractivity contribution in [2.24, 2.45) is 0 Å². The second kappa shape index (κ2) is 14.0. The van der Waals surface area contributed by atoms with E-state index in [9.17, 15) is 16.8 Å². The van der Waals surface area contributed by atoms with E-state index in [1.165, 1.54) is 22.6 Å². The molecule has 48 heavy (non-hydrogen) atoms. The second-order valence-corrected chi connectivity index (χ2v) is 15.0. The molecule has 4 heterocycles. The van der Waals surface area contributed by atoms with Crippen LogP contribution >= 0.6 is 15.9 Å². The predicted octanol–water partition coefficient (Wildman–Crippen LogP) is 7.52. The summed E-state index contributed by atoms with van der Waals surface area (Å²) < 4.78 is 53.9. The molecule has 10 nitrogen and oxygen atoms in total. The highest BCUT2D eigenvalue weighted by atomic mass is 79.9. The Morgan fingerprint density at radius 3 is 1.60 bits per heavy atom. The Morgan fingerprint density at radius 2 is 1.08 bits per heavy atom. The lowest BCUT2D eigenvalue weighted by atomic mass is 10.2. The van der Waals surface area contributed by atoms with E-state index >= 15 is 0 Å². The van der Waals surface area contributed by atoms with E-state index in [2.05, 4.69) is 35.9 Å². The quantitative estimate of drug-likeness (QED) is 0.171. The summed E-state index contributed by atoms with van der Waals surface area (Å²) in [7, 11) is -7.36. The number of aromatic nitrogens is 6. The lowest BCUT2D eigenvalue weighted by Crippen LogP contribution is -2.12. The molecule has 0 aliphatic carbocycles. The molecule has 0 saturated carbocycles. The van der Waals surface area contributed by atoms with Crippen molar-refractivity contribution in [2.75, 3.05) is 0 Å². The Morgan fingerprint density at radius 1 is 0.604 bits per heavy atom. The molecule has 0 amide bonds. The molecule has 0 fully saturated rings. The molecule has 0 radical (unpaired) electrons. The van der Waals surface area contributed by atoms with Gasteiger partial charge < -0.3 is 0 Å². The number of rotatable bonds is 6. The van der Waals surface area contributed by atoms with Crippen LogP contribution in [0.2, 0.25) is 0 Å². The summed E-state index contributed by atoms with van der Waals surface area (Å²) in [6, 6.07) is 26.6.